The second kappa shape index (κ2) is 6.77. The van der Waals surface area contributed by atoms with Gasteiger partial charge in [-0.2, -0.15) is 0 Å². The minimum atomic E-state index is 0.653. The van der Waals surface area contributed by atoms with Crippen LogP contribution in [0.3, 0.4) is 0 Å². The van der Waals surface area contributed by atoms with Gasteiger partial charge in [0.25, 0.3) is 0 Å². The van der Waals surface area contributed by atoms with Crippen molar-refractivity contribution in [3.05, 3.63) is 65.2 Å². The van der Waals surface area contributed by atoms with Gasteiger partial charge >= 0.3 is 0 Å². The summed E-state index contributed by atoms with van der Waals surface area (Å²) in [5, 5.41) is 3.61. The Hall–Kier alpha value is -1.80. The number of hydrogen-bond donors (Lipinski definition) is 1. The Morgan fingerprint density at radius 1 is 1.14 bits per heavy atom. The molecule has 1 unspecified atom stereocenters. The highest BCUT2D eigenvalue weighted by molar-refractivity contribution is 5.33. The normalized spacial score (nSPS) is 17.3. The zero-order valence-corrected chi connectivity index (χ0v) is 12.6. The third-order valence-corrected chi connectivity index (χ3v) is 4.35. The van der Waals surface area contributed by atoms with Gasteiger partial charge in [-0.25, -0.2) is 0 Å². The topological polar surface area (TPSA) is 21.3 Å². The number of hydrogen-bond acceptors (Lipinski definition) is 2. The molecule has 0 fully saturated rings. The Labute approximate surface area is 127 Å². The molecule has 2 heteroatoms. The molecule has 21 heavy (non-hydrogen) atoms. The van der Waals surface area contributed by atoms with Crippen molar-refractivity contribution in [1.29, 1.82) is 0 Å². The summed E-state index contributed by atoms with van der Waals surface area (Å²) in [5.41, 5.74) is 4.36. The molecule has 1 aliphatic carbocycles. The molecule has 0 saturated heterocycles. The molecule has 0 aliphatic heterocycles. The Balaban J connectivity index is 1.59. The fourth-order valence-electron chi connectivity index (χ4n) is 3.24. The van der Waals surface area contributed by atoms with Crippen LogP contribution in [0.5, 0.6) is 5.75 Å². The van der Waals surface area contributed by atoms with Crippen molar-refractivity contribution in [3.8, 4) is 5.75 Å². The van der Waals surface area contributed by atoms with Crippen LogP contribution in [0.2, 0.25) is 0 Å². The maximum Gasteiger partial charge on any atom is 0.119 e. The van der Waals surface area contributed by atoms with Gasteiger partial charge in [0.1, 0.15) is 5.75 Å². The van der Waals surface area contributed by atoms with Gasteiger partial charge < -0.3 is 10.1 Å². The number of methoxy groups -OCH3 is 1. The van der Waals surface area contributed by atoms with E-state index >= 15 is 0 Å². The maximum absolute atomic E-state index is 5.27. The molecule has 0 aromatic heterocycles. The summed E-state index contributed by atoms with van der Waals surface area (Å²) in [6.07, 6.45) is 3.84. The highest BCUT2D eigenvalue weighted by atomic mass is 16.5. The van der Waals surface area contributed by atoms with E-state index in [2.05, 4.69) is 41.7 Å². The standard InChI is InChI=1S/C19H23NO/c1-21-18-10-4-6-15(12-18)13-20-14-17-9-5-8-16-7-2-3-11-19(16)17/h2-4,6-7,10-12,17,20H,5,8-9,13-14H2,1H3. The SMILES string of the molecule is COc1cccc(CNCC2CCCc3ccccc32)c1. The molecular weight excluding hydrogens is 258 g/mol. The van der Waals surface area contributed by atoms with Gasteiger partial charge in [0, 0.05) is 13.1 Å². The summed E-state index contributed by atoms with van der Waals surface area (Å²) >= 11 is 0. The summed E-state index contributed by atoms with van der Waals surface area (Å²) in [5.74, 6) is 1.58. The van der Waals surface area contributed by atoms with E-state index in [9.17, 15) is 0 Å². The smallest absolute Gasteiger partial charge is 0.119 e. The molecule has 1 N–H and O–H groups in total. The van der Waals surface area contributed by atoms with E-state index in [4.69, 9.17) is 4.74 Å². The van der Waals surface area contributed by atoms with Crippen molar-refractivity contribution < 1.29 is 4.74 Å². The van der Waals surface area contributed by atoms with Gasteiger partial charge in [-0.1, -0.05) is 36.4 Å². The monoisotopic (exact) mass is 281 g/mol. The molecule has 0 heterocycles. The Morgan fingerprint density at radius 2 is 2.05 bits per heavy atom. The molecule has 0 spiro atoms. The van der Waals surface area contributed by atoms with Crippen LogP contribution in [-0.4, -0.2) is 13.7 Å². The Kier molecular flexibility index (Phi) is 4.56. The zero-order chi connectivity index (χ0) is 14.5. The fourth-order valence-corrected chi connectivity index (χ4v) is 3.24. The van der Waals surface area contributed by atoms with E-state index in [1.165, 1.54) is 30.4 Å². The van der Waals surface area contributed by atoms with Gasteiger partial charge in [-0.15, -0.1) is 0 Å². The lowest BCUT2D eigenvalue weighted by molar-refractivity contribution is 0.414. The minimum Gasteiger partial charge on any atom is -0.497 e. The molecule has 110 valence electrons. The molecular formula is C19H23NO. The first-order chi connectivity index (χ1) is 10.4. The molecule has 1 atom stereocenters. The second-order valence-electron chi connectivity index (χ2n) is 5.77. The van der Waals surface area contributed by atoms with Crippen LogP contribution in [0.1, 0.15) is 35.4 Å². The van der Waals surface area contributed by atoms with Crippen molar-refractivity contribution in [3.63, 3.8) is 0 Å². The zero-order valence-electron chi connectivity index (χ0n) is 12.6. The van der Waals surface area contributed by atoms with Crippen LogP contribution in [0.15, 0.2) is 48.5 Å². The minimum absolute atomic E-state index is 0.653. The Bertz CT molecular complexity index is 594. The van der Waals surface area contributed by atoms with Crippen LogP contribution in [-0.2, 0) is 13.0 Å². The molecule has 0 amide bonds. The van der Waals surface area contributed by atoms with Gasteiger partial charge in [-0.3, -0.25) is 0 Å². The lowest BCUT2D eigenvalue weighted by Crippen LogP contribution is -2.24. The predicted octanol–water partition coefficient (Wildman–Crippen LogP) is 3.90. The van der Waals surface area contributed by atoms with Crippen molar-refractivity contribution in [1.82, 2.24) is 5.32 Å². The molecule has 2 aromatic rings. The largest absolute Gasteiger partial charge is 0.497 e. The number of rotatable bonds is 5. The van der Waals surface area contributed by atoms with Crippen LogP contribution >= 0.6 is 0 Å². The van der Waals surface area contributed by atoms with Crippen LogP contribution in [0, 0.1) is 0 Å². The van der Waals surface area contributed by atoms with Gasteiger partial charge in [0.2, 0.25) is 0 Å². The number of nitrogens with one attached hydrogen (secondary N) is 1. The van der Waals surface area contributed by atoms with Crippen molar-refractivity contribution in [2.24, 2.45) is 0 Å². The fraction of sp³-hybridized carbons (Fsp3) is 0.368. The first-order valence-corrected chi connectivity index (χ1v) is 7.78. The van der Waals surface area contributed by atoms with Gasteiger partial charge in [0.05, 0.1) is 7.11 Å². The molecule has 2 aromatic carbocycles. The average Bonchev–Trinajstić information content (AvgIpc) is 2.55. The van der Waals surface area contributed by atoms with Crippen LogP contribution in [0.4, 0.5) is 0 Å². The lowest BCUT2D eigenvalue weighted by Gasteiger charge is -2.25. The Morgan fingerprint density at radius 3 is 2.95 bits per heavy atom. The summed E-state index contributed by atoms with van der Waals surface area (Å²) < 4.78 is 5.27. The van der Waals surface area contributed by atoms with Crippen LogP contribution in [0.25, 0.3) is 0 Å². The summed E-state index contributed by atoms with van der Waals surface area (Å²) in [4.78, 5) is 0. The molecule has 3 rings (SSSR count). The third-order valence-electron chi connectivity index (χ3n) is 4.35. The van der Waals surface area contributed by atoms with Gasteiger partial charge in [-0.05, 0) is 54.0 Å². The van der Waals surface area contributed by atoms with E-state index in [-0.39, 0.29) is 0 Å². The number of fused-ring (bicyclic) bond motifs is 1. The third kappa shape index (κ3) is 3.45. The highest BCUT2D eigenvalue weighted by Crippen LogP contribution is 2.30. The van der Waals surface area contributed by atoms with E-state index in [0.717, 1.165) is 18.8 Å². The molecule has 0 saturated carbocycles. The van der Waals surface area contributed by atoms with Crippen molar-refractivity contribution in [2.45, 2.75) is 31.7 Å². The van der Waals surface area contributed by atoms with Crippen LogP contribution < -0.4 is 10.1 Å². The van der Waals surface area contributed by atoms with Crippen molar-refractivity contribution in [2.75, 3.05) is 13.7 Å². The first kappa shape index (κ1) is 14.2. The van der Waals surface area contributed by atoms with Gasteiger partial charge in [0.15, 0.2) is 0 Å². The first-order valence-electron chi connectivity index (χ1n) is 7.78. The summed E-state index contributed by atoms with van der Waals surface area (Å²) in [7, 11) is 1.71. The highest BCUT2D eigenvalue weighted by Gasteiger charge is 2.18. The summed E-state index contributed by atoms with van der Waals surface area (Å²) in [6, 6.07) is 17.2. The maximum atomic E-state index is 5.27. The second-order valence-corrected chi connectivity index (χ2v) is 5.77. The quantitative estimate of drug-likeness (QED) is 0.897. The van der Waals surface area contributed by atoms with E-state index in [1.54, 1.807) is 12.7 Å². The van der Waals surface area contributed by atoms with E-state index in [0.29, 0.717) is 5.92 Å². The molecule has 0 radical (unpaired) electrons. The summed E-state index contributed by atoms with van der Waals surface area (Å²) in [6.45, 7) is 1.95. The van der Waals surface area contributed by atoms with E-state index < -0.39 is 0 Å². The van der Waals surface area contributed by atoms with E-state index in [1.807, 2.05) is 12.1 Å². The lowest BCUT2D eigenvalue weighted by atomic mass is 9.83. The average molecular weight is 281 g/mol. The van der Waals surface area contributed by atoms with Crippen molar-refractivity contribution >= 4 is 0 Å². The number of ether oxygens (including phenoxy) is 1. The molecule has 0 bridgehead atoms. The number of aryl methyl sites for hydroxylation is 1. The predicted molar refractivity (Wildman–Crippen MR) is 86.8 cm³/mol. The number of benzene rings is 2. The molecule has 1 aliphatic rings. The molecule has 2 nitrogen and oxygen atoms in total.